The number of nitrogens with zero attached hydrogens (tertiary/aromatic N) is 3. The highest BCUT2D eigenvalue weighted by Crippen LogP contribution is 2.36. The molecule has 0 atom stereocenters. The van der Waals surface area contributed by atoms with Gasteiger partial charge in [-0.25, -0.2) is 4.98 Å². The molecule has 0 fully saturated rings. The molecule has 3 rings (SSSR count). The van der Waals surface area contributed by atoms with E-state index in [2.05, 4.69) is 10.3 Å². The van der Waals surface area contributed by atoms with Crippen LogP contribution in [0.5, 0.6) is 0 Å². The molecule has 0 spiro atoms. The van der Waals surface area contributed by atoms with Crippen molar-refractivity contribution in [1.29, 1.82) is 0 Å². The van der Waals surface area contributed by atoms with Crippen molar-refractivity contribution >= 4 is 34.7 Å². The zero-order valence-corrected chi connectivity index (χ0v) is 16.2. The summed E-state index contributed by atoms with van der Waals surface area (Å²) in [7, 11) is 1.40. The van der Waals surface area contributed by atoms with E-state index in [1.807, 2.05) is 19.1 Å². The van der Waals surface area contributed by atoms with Gasteiger partial charge in [0.05, 0.1) is 17.1 Å². The van der Waals surface area contributed by atoms with Crippen LogP contribution in [0.2, 0.25) is 5.02 Å². The number of imidazole rings is 1. The maximum atomic E-state index is 12.9. The number of hydrogen-bond donors (Lipinski definition) is 1. The van der Waals surface area contributed by atoms with Crippen molar-refractivity contribution in [2.24, 2.45) is 0 Å². The zero-order chi connectivity index (χ0) is 21.3. The second-order valence-electron chi connectivity index (χ2n) is 6.50. The summed E-state index contributed by atoms with van der Waals surface area (Å²) in [6, 6.07) is 6.71. The topological polar surface area (TPSA) is 66.7 Å². The quantitative estimate of drug-likeness (QED) is 0.687. The maximum absolute atomic E-state index is 12.9. The smallest absolute Gasteiger partial charge is 0.331 e. The lowest BCUT2D eigenvalue weighted by Gasteiger charge is -2.16. The first-order chi connectivity index (χ1) is 13.5. The van der Waals surface area contributed by atoms with Crippen LogP contribution in [0.4, 0.5) is 18.9 Å². The Labute approximate surface area is 168 Å². The molecular weight excluding hydrogens is 409 g/mol. The molecule has 0 unspecified atom stereocenters. The lowest BCUT2D eigenvalue weighted by Crippen LogP contribution is -2.35. The molecule has 29 heavy (non-hydrogen) atoms. The minimum atomic E-state index is -4.65. The molecule has 1 aromatic carbocycles. The summed E-state index contributed by atoms with van der Waals surface area (Å²) >= 11 is 5.56. The first-order valence-corrected chi connectivity index (χ1v) is 8.80. The van der Waals surface area contributed by atoms with Crippen LogP contribution < -0.4 is 5.32 Å². The number of benzene rings is 1. The van der Waals surface area contributed by atoms with Gasteiger partial charge in [0.25, 0.3) is 5.91 Å². The summed E-state index contributed by atoms with van der Waals surface area (Å²) in [4.78, 5) is 30.1. The van der Waals surface area contributed by atoms with Gasteiger partial charge >= 0.3 is 6.18 Å². The Morgan fingerprint density at radius 2 is 1.97 bits per heavy atom. The highest BCUT2D eigenvalue weighted by atomic mass is 35.5. The Morgan fingerprint density at radius 3 is 2.66 bits per heavy atom. The summed E-state index contributed by atoms with van der Waals surface area (Å²) < 4.78 is 40.5. The molecule has 6 nitrogen and oxygen atoms in total. The number of aryl methyl sites for hydroxylation is 1. The molecule has 0 saturated heterocycles. The zero-order valence-electron chi connectivity index (χ0n) is 15.4. The predicted octanol–water partition coefficient (Wildman–Crippen LogP) is 4.03. The number of rotatable bonds is 4. The number of hydrogen-bond acceptors (Lipinski definition) is 3. The number of fused-ring (bicyclic) bond motifs is 1. The molecule has 0 bridgehead atoms. The van der Waals surface area contributed by atoms with Gasteiger partial charge in [-0.3, -0.25) is 9.59 Å². The van der Waals surface area contributed by atoms with Crippen molar-refractivity contribution in [1.82, 2.24) is 14.3 Å². The van der Waals surface area contributed by atoms with Gasteiger partial charge in [0, 0.05) is 25.1 Å². The number of alkyl halides is 3. The summed E-state index contributed by atoms with van der Waals surface area (Å²) in [5.41, 5.74) is 0.594. The molecule has 2 heterocycles. The third-order valence-corrected chi connectivity index (χ3v) is 4.45. The summed E-state index contributed by atoms with van der Waals surface area (Å²) in [6.07, 6.45) is -1.34. The van der Waals surface area contributed by atoms with Crippen LogP contribution in [0.1, 0.15) is 21.6 Å². The SMILES string of the molecule is Cc1ccn2cc(C(=O)N(C)CC(=O)Nc3ccc(Cl)c(C(F)(F)F)c3)nc2c1. The Hall–Kier alpha value is -3.07. The van der Waals surface area contributed by atoms with Crippen LogP contribution in [-0.2, 0) is 11.0 Å². The highest BCUT2D eigenvalue weighted by molar-refractivity contribution is 6.31. The molecule has 3 aromatic rings. The third kappa shape index (κ3) is 4.68. The summed E-state index contributed by atoms with van der Waals surface area (Å²) in [5, 5.41) is 1.87. The molecule has 0 radical (unpaired) electrons. The number of carbonyl (C=O) groups excluding carboxylic acids is 2. The van der Waals surface area contributed by atoms with Crippen LogP contribution in [0, 0.1) is 6.92 Å². The molecule has 1 N–H and O–H groups in total. The van der Waals surface area contributed by atoms with Gasteiger partial charge < -0.3 is 14.6 Å². The molecule has 0 saturated carbocycles. The fourth-order valence-corrected chi connectivity index (χ4v) is 2.91. The minimum Gasteiger partial charge on any atom is -0.331 e. The van der Waals surface area contributed by atoms with Crippen LogP contribution in [0.15, 0.2) is 42.7 Å². The fraction of sp³-hybridized carbons (Fsp3) is 0.211. The van der Waals surface area contributed by atoms with E-state index >= 15 is 0 Å². The summed E-state index contributed by atoms with van der Waals surface area (Å²) in [5.74, 6) is -1.15. The molecule has 2 aromatic heterocycles. The van der Waals surface area contributed by atoms with Gasteiger partial charge in [0.2, 0.25) is 5.91 Å². The van der Waals surface area contributed by atoms with Gasteiger partial charge in [0.15, 0.2) is 0 Å². The Morgan fingerprint density at radius 1 is 1.24 bits per heavy atom. The van der Waals surface area contributed by atoms with Crippen molar-refractivity contribution in [2.75, 3.05) is 18.9 Å². The largest absolute Gasteiger partial charge is 0.417 e. The van der Waals surface area contributed by atoms with E-state index in [4.69, 9.17) is 11.6 Å². The van der Waals surface area contributed by atoms with E-state index in [0.29, 0.717) is 5.65 Å². The first-order valence-electron chi connectivity index (χ1n) is 8.42. The van der Waals surface area contributed by atoms with Crippen molar-refractivity contribution in [3.05, 3.63) is 64.6 Å². The van der Waals surface area contributed by atoms with Gasteiger partial charge in [-0.05, 0) is 42.8 Å². The lowest BCUT2D eigenvalue weighted by atomic mass is 10.2. The van der Waals surface area contributed by atoms with E-state index in [0.717, 1.165) is 22.6 Å². The highest BCUT2D eigenvalue weighted by Gasteiger charge is 2.33. The average Bonchev–Trinajstić information content (AvgIpc) is 3.04. The summed E-state index contributed by atoms with van der Waals surface area (Å²) in [6.45, 7) is 1.53. The predicted molar refractivity (Wildman–Crippen MR) is 102 cm³/mol. The molecule has 152 valence electrons. The monoisotopic (exact) mass is 424 g/mol. The Balaban J connectivity index is 1.69. The van der Waals surface area contributed by atoms with Gasteiger partial charge in [-0.1, -0.05) is 11.6 Å². The lowest BCUT2D eigenvalue weighted by molar-refractivity contribution is -0.137. The fourth-order valence-electron chi connectivity index (χ4n) is 2.69. The van der Waals surface area contributed by atoms with Crippen molar-refractivity contribution in [3.8, 4) is 0 Å². The molecule has 0 aliphatic carbocycles. The first kappa shape index (κ1) is 20.7. The second-order valence-corrected chi connectivity index (χ2v) is 6.90. The number of carbonyl (C=O) groups is 2. The minimum absolute atomic E-state index is 0.0734. The average molecular weight is 425 g/mol. The van der Waals surface area contributed by atoms with E-state index in [1.165, 1.54) is 13.1 Å². The van der Waals surface area contributed by atoms with E-state index in [-0.39, 0.29) is 17.9 Å². The maximum Gasteiger partial charge on any atom is 0.417 e. The number of pyridine rings is 1. The van der Waals surface area contributed by atoms with E-state index < -0.39 is 28.6 Å². The van der Waals surface area contributed by atoms with Crippen LogP contribution in [0.3, 0.4) is 0 Å². The Bertz CT molecular complexity index is 1090. The van der Waals surface area contributed by atoms with Gasteiger partial charge in [-0.2, -0.15) is 13.2 Å². The second kappa shape index (κ2) is 7.75. The number of anilines is 1. The van der Waals surface area contributed by atoms with Gasteiger partial charge in [0.1, 0.15) is 11.3 Å². The normalized spacial score (nSPS) is 11.5. The molecule has 2 amide bonds. The number of amides is 2. The van der Waals surface area contributed by atoms with Crippen LogP contribution in [-0.4, -0.2) is 39.7 Å². The van der Waals surface area contributed by atoms with Crippen molar-refractivity contribution < 1.29 is 22.8 Å². The van der Waals surface area contributed by atoms with Crippen LogP contribution in [0.25, 0.3) is 5.65 Å². The Kier molecular flexibility index (Phi) is 5.52. The van der Waals surface area contributed by atoms with E-state index in [9.17, 15) is 22.8 Å². The third-order valence-electron chi connectivity index (χ3n) is 4.12. The molecule has 10 heteroatoms. The number of likely N-dealkylation sites (N-methyl/N-ethyl adjacent to an activating group) is 1. The number of halogens is 4. The van der Waals surface area contributed by atoms with Gasteiger partial charge in [-0.15, -0.1) is 0 Å². The van der Waals surface area contributed by atoms with E-state index in [1.54, 1.807) is 16.8 Å². The molecule has 0 aliphatic heterocycles. The molecular formula is C19H16ClF3N4O2. The molecule has 0 aliphatic rings. The number of nitrogens with one attached hydrogen (secondary N) is 1. The van der Waals surface area contributed by atoms with Crippen molar-refractivity contribution in [2.45, 2.75) is 13.1 Å². The standard InChI is InChI=1S/C19H16ClF3N4O2/c1-11-5-6-27-9-15(25-16(27)7-11)18(29)26(2)10-17(28)24-12-3-4-14(20)13(8-12)19(21,22)23/h3-9H,10H2,1-2H3,(H,24,28). The number of aromatic nitrogens is 2. The van der Waals surface area contributed by atoms with Crippen LogP contribution >= 0.6 is 11.6 Å². The van der Waals surface area contributed by atoms with Crippen molar-refractivity contribution in [3.63, 3.8) is 0 Å².